The normalized spacial score (nSPS) is 13.2. The first-order valence-electron chi connectivity index (χ1n) is 8.89. The molecule has 0 aliphatic rings. The molecule has 1 heterocycles. The molecular formula is C20H32N2O2. The van der Waals surface area contributed by atoms with Gasteiger partial charge in [-0.25, -0.2) is 0 Å². The maximum Gasteiger partial charge on any atom is 0.306 e. The third-order valence-electron chi connectivity index (χ3n) is 3.71. The van der Waals surface area contributed by atoms with Crippen LogP contribution in [0, 0.1) is 5.92 Å². The lowest BCUT2D eigenvalue weighted by Gasteiger charge is -2.21. The Hall–Kier alpha value is -1.68. The summed E-state index contributed by atoms with van der Waals surface area (Å²) in [6.07, 6.45) is 13.4. The number of pyridine rings is 1. The lowest BCUT2D eigenvalue weighted by molar-refractivity contribution is -0.155. The summed E-state index contributed by atoms with van der Waals surface area (Å²) >= 11 is 0. The molecule has 0 spiro atoms. The Labute approximate surface area is 146 Å². The van der Waals surface area contributed by atoms with Crippen molar-refractivity contribution in [2.45, 2.75) is 64.9 Å². The van der Waals surface area contributed by atoms with Crippen LogP contribution in [-0.2, 0) is 9.53 Å². The second kappa shape index (κ2) is 11.0. The number of rotatable bonds is 10. The van der Waals surface area contributed by atoms with E-state index in [0.29, 0.717) is 12.3 Å². The van der Waals surface area contributed by atoms with Crippen LogP contribution in [-0.4, -0.2) is 23.1 Å². The van der Waals surface area contributed by atoms with Crippen molar-refractivity contribution < 1.29 is 9.53 Å². The van der Waals surface area contributed by atoms with Crippen LogP contribution in [0.1, 0.15) is 64.9 Å². The van der Waals surface area contributed by atoms with Crippen LogP contribution in [0.4, 0.5) is 0 Å². The Balaban J connectivity index is 2.47. The van der Waals surface area contributed by atoms with Crippen LogP contribution in [0.3, 0.4) is 0 Å². The summed E-state index contributed by atoms with van der Waals surface area (Å²) in [6.45, 7) is 6.44. The largest absolute Gasteiger partial charge is 0.460 e. The number of allylic oxidation sites excluding steroid dienone is 1. The van der Waals surface area contributed by atoms with Crippen LogP contribution in [0.5, 0.6) is 0 Å². The van der Waals surface area contributed by atoms with Crippen molar-refractivity contribution in [3.05, 3.63) is 36.2 Å². The molecule has 1 aromatic rings. The Kier molecular flexibility index (Phi) is 9.31. The zero-order chi connectivity index (χ0) is 17.8. The van der Waals surface area contributed by atoms with E-state index < -0.39 is 5.60 Å². The molecule has 4 heteroatoms. The fourth-order valence-corrected chi connectivity index (χ4v) is 2.54. The van der Waals surface area contributed by atoms with E-state index in [0.717, 1.165) is 44.2 Å². The van der Waals surface area contributed by atoms with E-state index in [-0.39, 0.29) is 5.97 Å². The molecule has 134 valence electrons. The lowest BCUT2D eigenvalue weighted by Crippen LogP contribution is -2.24. The predicted octanol–water partition coefficient (Wildman–Crippen LogP) is 4.35. The van der Waals surface area contributed by atoms with Crippen molar-refractivity contribution in [1.82, 2.24) is 4.98 Å². The van der Waals surface area contributed by atoms with Gasteiger partial charge in [0.2, 0.25) is 0 Å². The molecule has 0 saturated carbocycles. The van der Waals surface area contributed by atoms with Gasteiger partial charge < -0.3 is 10.5 Å². The van der Waals surface area contributed by atoms with Crippen LogP contribution in [0.2, 0.25) is 0 Å². The summed E-state index contributed by atoms with van der Waals surface area (Å²) in [5, 5.41) is 0. The van der Waals surface area contributed by atoms with Crippen LogP contribution >= 0.6 is 0 Å². The van der Waals surface area contributed by atoms with Crippen LogP contribution in [0.25, 0.3) is 6.08 Å². The Morgan fingerprint density at radius 3 is 2.75 bits per heavy atom. The summed E-state index contributed by atoms with van der Waals surface area (Å²) in [5.74, 6) is 0.375. The first-order valence-corrected chi connectivity index (χ1v) is 8.89. The number of hydrogen-bond acceptors (Lipinski definition) is 4. The minimum atomic E-state index is -0.410. The number of unbranched alkanes of at least 4 members (excludes halogenated alkanes) is 1. The van der Waals surface area contributed by atoms with Crippen LogP contribution < -0.4 is 5.73 Å². The fraction of sp³-hybridized carbons (Fsp3) is 0.600. The molecule has 0 amide bonds. The fourth-order valence-electron chi connectivity index (χ4n) is 2.54. The first kappa shape index (κ1) is 20.4. The number of aromatic nitrogens is 1. The topological polar surface area (TPSA) is 65.2 Å². The Bertz CT molecular complexity index is 492. The van der Waals surface area contributed by atoms with Gasteiger partial charge in [0.1, 0.15) is 5.60 Å². The van der Waals surface area contributed by atoms with Gasteiger partial charge in [0.25, 0.3) is 0 Å². The smallest absolute Gasteiger partial charge is 0.306 e. The van der Waals surface area contributed by atoms with Gasteiger partial charge >= 0.3 is 5.97 Å². The molecule has 0 aliphatic carbocycles. The van der Waals surface area contributed by atoms with Crippen molar-refractivity contribution >= 4 is 12.0 Å². The molecule has 1 unspecified atom stereocenters. The number of nitrogens with two attached hydrogens (primary N) is 1. The lowest BCUT2D eigenvalue weighted by atomic mass is 9.93. The number of hydrogen-bond donors (Lipinski definition) is 1. The zero-order valence-corrected chi connectivity index (χ0v) is 15.3. The van der Waals surface area contributed by atoms with E-state index in [4.69, 9.17) is 10.5 Å². The van der Waals surface area contributed by atoms with Gasteiger partial charge in [0, 0.05) is 18.8 Å². The van der Waals surface area contributed by atoms with Gasteiger partial charge in [-0.15, -0.1) is 0 Å². The van der Waals surface area contributed by atoms with E-state index in [1.165, 1.54) is 0 Å². The maximum absolute atomic E-state index is 11.9. The van der Waals surface area contributed by atoms with Crippen LogP contribution in [0.15, 0.2) is 30.6 Å². The molecule has 0 radical (unpaired) electrons. The highest BCUT2D eigenvalue weighted by molar-refractivity contribution is 5.69. The summed E-state index contributed by atoms with van der Waals surface area (Å²) < 4.78 is 5.40. The highest BCUT2D eigenvalue weighted by atomic mass is 16.6. The maximum atomic E-state index is 11.9. The molecule has 24 heavy (non-hydrogen) atoms. The van der Waals surface area contributed by atoms with Crippen molar-refractivity contribution in [1.29, 1.82) is 0 Å². The molecule has 0 aliphatic heterocycles. The summed E-state index contributed by atoms with van der Waals surface area (Å²) in [4.78, 5) is 16.0. The second-order valence-electron chi connectivity index (χ2n) is 7.20. The summed E-state index contributed by atoms with van der Waals surface area (Å²) in [5.41, 5.74) is 6.28. The molecule has 1 rings (SSSR count). The Morgan fingerprint density at radius 1 is 1.33 bits per heavy atom. The molecule has 4 nitrogen and oxygen atoms in total. The highest BCUT2D eigenvalue weighted by Crippen LogP contribution is 2.21. The van der Waals surface area contributed by atoms with Crippen molar-refractivity contribution in [2.75, 3.05) is 6.54 Å². The minimum Gasteiger partial charge on any atom is -0.460 e. The van der Waals surface area contributed by atoms with Gasteiger partial charge in [-0.1, -0.05) is 31.1 Å². The van der Waals surface area contributed by atoms with E-state index >= 15 is 0 Å². The van der Waals surface area contributed by atoms with E-state index in [1.807, 2.05) is 39.1 Å². The van der Waals surface area contributed by atoms with E-state index in [1.54, 1.807) is 6.20 Å². The van der Waals surface area contributed by atoms with Gasteiger partial charge in [-0.05, 0) is 64.1 Å². The predicted molar refractivity (Wildman–Crippen MR) is 99.4 cm³/mol. The minimum absolute atomic E-state index is 0.109. The molecule has 1 aromatic heterocycles. The molecule has 0 bridgehead atoms. The molecule has 1 atom stereocenters. The average molecular weight is 332 g/mol. The quantitative estimate of drug-likeness (QED) is 0.511. The van der Waals surface area contributed by atoms with Crippen molar-refractivity contribution in [3.8, 4) is 0 Å². The third-order valence-corrected chi connectivity index (χ3v) is 3.71. The third kappa shape index (κ3) is 10.2. The molecule has 0 saturated heterocycles. The van der Waals surface area contributed by atoms with Gasteiger partial charge in [0.15, 0.2) is 0 Å². The van der Waals surface area contributed by atoms with Gasteiger partial charge in [-0.2, -0.15) is 0 Å². The number of carbonyl (C=O) groups is 1. The molecule has 0 fully saturated rings. The number of carbonyl (C=O) groups excluding carboxylic acids is 1. The summed E-state index contributed by atoms with van der Waals surface area (Å²) in [6, 6.07) is 3.97. The highest BCUT2D eigenvalue weighted by Gasteiger charge is 2.17. The second-order valence-corrected chi connectivity index (χ2v) is 7.20. The molecule has 0 aromatic carbocycles. The monoisotopic (exact) mass is 332 g/mol. The van der Waals surface area contributed by atoms with Crippen molar-refractivity contribution in [3.63, 3.8) is 0 Å². The molecule has 2 N–H and O–H groups in total. The zero-order valence-electron chi connectivity index (χ0n) is 15.3. The van der Waals surface area contributed by atoms with E-state index in [2.05, 4.69) is 17.1 Å². The number of ether oxygens (including phenoxy) is 1. The van der Waals surface area contributed by atoms with E-state index in [9.17, 15) is 4.79 Å². The average Bonchev–Trinajstić information content (AvgIpc) is 2.51. The summed E-state index contributed by atoms with van der Waals surface area (Å²) in [7, 11) is 0. The molecular weight excluding hydrogens is 300 g/mol. The Morgan fingerprint density at radius 2 is 2.12 bits per heavy atom. The van der Waals surface area contributed by atoms with Gasteiger partial charge in [0.05, 0.1) is 0 Å². The SMILES string of the molecule is CC(C)(C)OC(=O)CCC(C/C=C/c1cccnc1)CCCCN. The van der Waals surface area contributed by atoms with Crippen molar-refractivity contribution in [2.24, 2.45) is 11.7 Å². The number of esters is 1. The first-order chi connectivity index (χ1) is 11.4. The standard InChI is InChI=1S/C20H32N2O2/c1-20(2,3)24-19(23)13-12-17(8-4-5-14-21)9-6-10-18-11-7-15-22-16-18/h6-7,10-11,15-17H,4-5,8-9,12-14,21H2,1-3H3/b10-6+. The van der Waals surface area contributed by atoms with Gasteiger partial charge in [-0.3, -0.25) is 9.78 Å². The number of nitrogens with zero attached hydrogens (tertiary/aromatic N) is 1.